The lowest BCUT2D eigenvalue weighted by atomic mass is 10.0. The first-order chi connectivity index (χ1) is 11.3. The number of nitrogens with zero attached hydrogens (tertiary/aromatic N) is 1. The minimum atomic E-state index is -2.22. The number of halogens is 5. The fourth-order valence-electron chi connectivity index (χ4n) is 3.44. The number of ether oxygens (including phenoxy) is 1. The highest BCUT2D eigenvalue weighted by Gasteiger charge is 2.44. The maximum absolute atomic E-state index is 13.7. The van der Waals surface area contributed by atoms with Crippen LogP contribution in [0.25, 0.3) is 0 Å². The minimum Gasteiger partial charge on any atom is -0.484 e. The molecule has 24 heavy (non-hydrogen) atoms. The summed E-state index contributed by atoms with van der Waals surface area (Å²) in [5.74, 6) is -11.6. The van der Waals surface area contributed by atoms with Crippen LogP contribution in [-0.2, 0) is 0 Å². The Bertz CT molecular complexity index is 647. The van der Waals surface area contributed by atoms with Crippen LogP contribution in [0.2, 0.25) is 0 Å². The van der Waals surface area contributed by atoms with Crippen LogP contribution in [0.15, 0.2) is 0 Å². The van der Waals surface area contributed by atoms with Crippen molar-refractivity contribution in [1.29, 1.82) is 0 Å². The molecule has 1 aromatic carbocycles. The van der Waals surface area contributed by atoms with E-state index in [-0.39, 0.29) is 30.2 Å². The Morgan fingerprint density at radius 3 is 1.88 bits per heavy atom. The van der Waals surface area contributed by atoms with Crippen molar-refractivity contribution in [3.8, 4) is 5.75 Å². The molecule has 0 radical (unpaired) electrons. The average molecular weight is 368 g/mol. The second-order valence-electron chi connectivity index (χ2n) is 5.79. The monoisotopic (exact) mass is 368 g/mol. The zero-order chi connectivity index (χ0) is 17.6. The molecule has 2 bridgehead atoms. The second kappa shape index (κ2) is 6.40. The summed E-state index contributed by atoms with van der Waals surface area (Å²) in [5, 5.41) is 4.97. The highest BCUT2D eigenvalue weighted by Crippen LogP contribution is 2.39. The third-order valence-corrected chi connectivity index (χ3v) is 4.87. The molecule has 0 aromatic heterocycles. The first-order valence-electron chi connectivity index (χ1n) is 7.22. The number of hydrogen-bond donors (Lipinski definition) is 1. The van der Waals surface area contributed by atoms with E-state index in [1.54, 1.807) is 4.90 Å². The number of fused-ring (bicyclic) bond motifs is 2. The summed E-state index contributed by atoms with van der Waals surface area (Å²) in [6.45, 7) is 0. The predicted molar refractivity (Wildman–Crippen MR) is 75.7 cm³/mol. The number of carbonyl (C=O) groups is 1. The maximum Gasteiger partial charge on any atom is 0.296 e. The fraction of sp³-hybridized carbons (Fsp3) is 0.500. The van der Waals surface area contributed by atoms with E-state index in [0.717, 1.165) is 0 Å². The molecule has 2 aliphatic rings. The van der Waals surface area contributed by atoms with Crippen LogP contribution in [0.5, 0.6) is 5.75 Å². The van der Waals surface area contributed by atoms with Crippen LogP contribution in [-0.4, -0.2) is 28.3 Å². The Morgan fingerprint density at radius 1 is 0.958 bits per heavy atom. The summed E-state index contributed by atoms with van der Waals surface area (Å²) < 4.78 is 72.0. The molecule has 3 rings (SSSR count). The van der Waals surface area contributed by atoms with Gasteiger partial charge in [0, 0.05) is 36.9 Å². The van der Waals surface area contributed by atoms with E-state index in [1.807, 2.05) is 0 Å². The third-order valence-electron chi connectivity index (χ3n) is 4.46. The molecule has 2 atom stereocenters. The highest BCUT2D eigenvalue weighted by molar-refractivity contribution is 8.11. The van der Waals surface area contributed by atoms with Gasteiger partial charge in [0.2, 0.25) is 29.1 Å². The quantitative estimate of drug-likeness (QED) is 0.376. The lowest BCUT2D eigenvalue weighted by Crippen LogP contribution is -2.48. The number of amides is 1. The van der Waals surface area contributed by atoms with Gasteiger partial charge in [-0.25, -0.2) is 13.2 Å². The van der Waals surface area contributed by atoms with Crippen LogP contribution in [0.1, 0.15) is 25.7 Å². The zero-order valence-electron chi connectivity index (χ0n) is 12.2. The van der Waals surface area contributed by atoms with Gasteiger partial charge in [-0.15, -0.1) is 0 Å². The second-order valence-corrected chi connectivity index (χ2v) is 6.37. The summed E-state index contributed by atoms with van der Waals surface area (Å²) in [4.78, 5) is 13.4. The van der Waals surface area contributed by atoms with Crippen molar-refractivity contribution in [1.82, 2.24) is 4.90 Å². The molecular weight excluding hydrogens is 355 g/mol. The van der Waals surface area contributed by atoms with Gasteiger partial charge in [-0.1, -0.05) is 0 Å². The molecule has 1 aromatic rings. The topological polar surface area (TPSA) is 55.6 Å². The molecule has 2 fully saturated rings. The van der Waals surface area contributed by atoms with Crippen molar-refractivity contribution in [3.63, 3.8) is 0 Å². The van der Waals surface area contributed by atoms with Crippen molar-refractivity contribution in [2.24, 2.45) is 5.14 Å². The first kappa shape index (κ1) is 17.3. The van der Waals surface area contributed by atoms with E-state index >= 15 is 0 Å². The van der Waals surface area contributed by atoms with Gasteiger partial charge in [0.05, 0.1) is 0 Å². The Labute approximate surface area is 138 Å². The lowest BCUT2D eigenvalue weighted by molar-refractivity contribution is 0.0697. The van der Waals surface area contributed by atoms with Gasteiger partial charge in [-0.2, -0.15) is 8.78 Å². The van der Waals surface area contributed by atoms with Crippen LogP contribution in [0.3, 0.4) is 0 Å². The number of piperidine rings is 1. The molecule has 2 N–H and O–H groups in total. The predicted octanol–water partition coefficient (Wildman–Crippen LogP) is 3.48. The molecule has 0 aliphatic carbocycles. The number of hydrogen-bond acceptors (Lipinski definition) is 4. The smallest absolute Gasteiger partial charge is 0.296 e. The largest absolute Gasteiger partial charge is 0.484 e. The van der Waals surface area contributed by atoms with E-state index in [2.05, 4.69) is 0 Å². The number of nitrogens with two attached hydrogens (primary N) is 1. The van der Waals surface area contributed by atoms with Crippen LogP contribution in [0.4, 0.5) is 26.7 Å². The summed E-state index contributed by atoms with van der Waals surface area (Å²) in [5.41, 5.74) is 0. The normalized spacial score (nSPS) is 25.9. The molecule has 0 saturated carbocycles. The van der Waals surface area contributed by atoms with Gasteiger partial charge in [-0.05, 0) is 12.8 Å². The Balaban J connectivity index is 1.81. The number of rotatable bonds is 2. The lowest BCUT2D eigenvalue weighted by Gasteiger charge is -2.38. The van der Waals surface area contributed by atoms with E-state index in [1.165, 1.54) is 0 Å². The number of benzene rings is 1. The Hall–Kier alpha value is -1.55. The first-order valence-corrected chi connectivity index (χ1v) is 8.10. The summed E-state index contributed by atoms with van der Waals surface area (Å²) in [6, 6.07) is -0.447. The van der Waals surface area contributed by atoms with E-state index in [0.29, 0.717) is 24.8 Å². The van der Waals surface area contributed by atoms with Gasteiger partial charge in [-0.3, -0.25) is 9.93 Å². The molecule has 1 amide bonds. The standard InChI is InChI=1S/C14H13F5N2O2S/c15-8-9(16)11(18)13(12(19)10(8)17)23-7-3-5-1-2-6(4-7)21(5)14(22)24-20/h5-7H,1-4,20H2. The molecule has 132 valence electrons. The molecule has 2 heterocycles. The summed E-state index contributed by atoms with van der Waals surface area (Å²) >= 11 is 0.580. The molecule has 0 spiro atoms. The number of carbonyl (C=O) groups excluding carboxylic acids is 1. The molecular formula is C14H13F5N2O2S. The van der Waals surface area contributed by atoms with E-state index in [9.17, 15) is 26.7 Å². The van der Waals surface area contributed by atoms with E-state index < -0.39 is 40.9 Å². The molecule has 10 heteroatoms. The van der Waals surface area contributed by atoms with Crippen LogP contribution < -0.4 is 9.88 Å². The highest BCUT2D eigenvalue weighted by atomic mass is 32.2. The molecule has 2 unspecified atom stereocenters. The van der Waals surface area contributed by atoms with Gasteiger partial charge >= 0.3 is 0 Å². The maximum atomic E-state index is 13.7. The molecule has 2 aliphatic heterocycles. The van der Waals surface area contributed by atoms with Crippen molar-refractivity contribution in [3.05, 3.63) is 29.1 Å². The van der Waals surface area contributed by atoms with Gasteiger partial charge in [0.15, 0.2) is 5.75 Å². The molecule has 2 saturated heterocycles. The fourth-order valence-corrected chi connectivity index (χ4v) is 3.86. The Kier molecular flexibility index (Phi) is 4.60. The van der Waals surface area contributed by atoms with Crippen molar-refractivity contribution in [2.75, 3.05) is 0 Å². The summed E-state index contributed by atoms with van der Waals surface area (Å²) in [6.07, 6.45) is 1.08. The van der Waals surface area contributed by atoms with Crippen molar-refractivity contribution >= 4 is 17.2 Å². The van der Waals surface area contributed by atoms with E-state index in [4.69, 9.17) is 9.88 Å². The Morgan fingerprint density at radius 2 is 1.42 bits per heavy atom. The zero-order valence-corrected chi connectivity index (χ0v) is 13.0. The van der Waals surface area contributed by atoms with Crippen LogP contribution in [0, 0.1) is 29.1 Å². The van der Waals surface area contributed by atoms with Crippen molar-refractivity contribution in [2.45, 2.75) is 43.9 Å². The minimum absolute atomic E-state index is 0.224. The molecule has 4 nitrogen and oxygen atoms in total. The van der Waals surface area contributed by atoms with Gasteiger partial charge in [0.25, 0.3) is 5.24 Å². The van der Waals surface area contributed by atoms with Crippen LogP contribution >= 0.6 is 11.9 Å². The average Bonchev–Trinajstić information content (AvgIpc) is 2.85. The van der Waals surface area contributed by atoms with Gasteiger partial charge < -0.3 is 9.64 Å². The van der Waals surface area contributed by atoms with Crippen molar-refractivity contribution < 1.29 is 31.5 Å². The van der Waals surface area contributed by atoms with Gasteiger partial charge in [0.1, 0.15) is 6.10 Å². The summed E-state index contributed by atoms with van der Waals surface area (Å²) in [7, 11) is 0. The third kappa shape index (κ3) is 2.71. The SMILES string of the molecule is NSC(=O)N1C2CCC1CC(Oc1c(F)c(F)c(F)c(F)c1F)C2.